The van der Waals surface area contributed by atoms with Crippen molar-refractivity contribution in [1.29, 1.82) is 0 Å². The number of nitrogens with zero attached hydrogens (tertiary/aromatic N) is 2. The average Bonchev–Trinajstić information content (AvgIpc) is 3.60. The Balaban J connectivity index is 1.29. The zero-order chi connectivity index (χ0) is 32.1. The highest BCUT2D eigenvalue weighted by Crippen LogP contribution is 2.52. The van der Waals surface area contributed by atoms with E-state index in [1.54, 1.807) is 0 Å². The molecule has 0 N–H and O–H groups in total. The molecule has 0 amide bonds. The molecule has 2 nitrogen and oxygen atoms in total. The van der Waals surface area contributed by atoms with E-state index in [1.807, 2.05) is 22.7 Å². The molecular weight excluding hydrogens is 597 g/mol. The smallest absolute Gasteiger partial charge is 0.0667 e. The van der Waals surface area contributed by atoms with Gasteiger partial charge >= 0.3 is 0 Å². The highest BCUT2D eigenvalue weighted by Gasteiger charge is 2.29. The summed E-state index contributed by atoms with van der Waals surface area (Å²) in [5.41, 5.74) is 5.70. The summed E-state index contributed by atoms with van der Waals surface area (Å²) in [6.07, 6.45) is 27.6. The maximum Gasteiger partial charge on any atom is 0.0667 e. The monoisotopic (exact) mass is 658 g/mol. The van der Waals surface area contributed by atoms with Crippen LogP contribution in [0.4, 0.5) is 22.7 Å². The molecule has 0 spiro atoms. The first kappa shape index (κ1) is 35.3. The van der Waals surface area contributed by atoms with Crippen molar-refractivity contribution in [2.75, 3.05) is 22.9 Å². The molecule has 0 saturated heterocycles. The lowest BCUT2D eigenvalue weighted by Crippen LogP contribution is -2.31. The minimum absolute atomic E-state index is 1.10. The van der Waals surface area contributed by atoms with Gasteiger partial charge < -0.3 is 9.80 Å². The molecule has 2 aromatic carbocycles. The normalized spacial score (nSPS) is 12.9. The number of hydrogen-bond donors (Lipinski definition) is 0. The Morgan fingerprint density at radius 1 is 0.391 bits per heavy atom. The van der Waals surface area contributed by atoms with Gasteiger partial charge in [-0.1, -0.05) is 129 Å². The number of unbranched alkanes of at least 4 members (excludes halogenated alkanes) is 18. The molecule has 2 aromatic heterocycles. The Morgan fingerprint density at radius 3 is 1.04 bits per heavy atom. The maximum absolute atomic E-state index is 2.70. The molecule has 252 valence electrons. The third-order valence-corrected chi connectivity index (χ3v) is 12.1. The summed E-state index contributed by atoms with van der Waals surface area (Å²) >= 11 is 3.90. The number of thiophene rings is 2. The molecule has 0 saturated carbocycles. The molecule has 1 aliphatic rings. The average molecular weight is 659 g/mol. The van der Waals surface area contributed by atoms with Crippen LogP contribution in [0, 0.1) is 13.8 Å². The van der Waals surface area contributed by atoms with Gasteiger partial charge in [0, 0.05) is 32.2 Å². The fourth-order valence-corrected chi connectivity index (χ4v) is 9.39. The molecule has 46 heavy (non-hydrogen) atoms. The number of rotatable bonds is 22. The van der Waals surface area contributed by atoms with Crippen LogP contribution in [0.25, 0.3) is 20.2 Å². The van der Waals surface area contributed by atoms with Gasteiger partial charge in [-0.25, -0.2) is 0 Å². The quantitative estimate of drug-likeness (QED) is 0.0775. The molecule has 5 rings (SSSR count). The Kier molecular flexibility index (Phi) is 14.2. The number of hydrogen-bond acceptors (Lipinski definition) is 4. The fraction of sp³-hybridized carbons (Fsp3) is 0.619. The summed E-state index contributed by atoms with van der Waals surface area (Å²) in [4.78, 5) is 8.22. The lowest BCUT2D eigenvalue weighted by atomic mass is 10.0. The molecule has 4 aromatic rings. The summed E-state index contributed by atoms with van der Waals surface area (Å²) in [6.45, 7) is 11.4. The van der Waals surface area contributed by atoms with Crippen molar-refractivity contribution in [2.45, 2.75) is 156 Å². The van der Waals surface area contributed by atoms with Crippen LogP contribution >= 0.6 is 22.7 Å². The second-order valence-electron chi connectivity index (χ2n) is 14.1. The molecule has 0 atom stereocenters. The van der Waals surface area contributed by atoms with Gasteiger partial charge in [-0.2, -0.15) is 0 Å². The molecule has 0 radical (unpaired) electrons. The minimum atomic E-state index is 1.10. The highest BCUT2D eigenvalue weighted by atomic mass is 32.1. The van der Waals surface area contributed by atoms with Crippen LogP contribution in [0.5, 0.6) is 0 Å². The Bertz CT molecular complexity index is 1290. The van der Waals surface area contributed by atoms with Crippen LogP contribution in [0.1, 0.15) is 152 Å². The first-order chi connectivity index (χ1) is 22.6. The van der Waals surface area contributed by atoms with Crippen LogP contribution in [-0.2, 0) is 0 Å². The van der Waals surface area contributed by atoms with E-state index >= 15 is 0 Å². The van der Waals surface area contributed by atoms with Crippen molar-refractivity contribution in [2.24, 2.45) is 0 Å². The number of fused-ring (bicyclic) bond motifs is 4. The SMILES string of the molecule is CCCCCCCCCCCCN1c2cc3cc(C)sc3cc2N(CCCCCCCCCCCC)c2cc3cc(C)sc3cc21. The predicted molar refractivity (Wildman–Crippen MR) is 211 cm³/mol. The minimum Gasteiger partial charge on any atom is -0.338 e. The third kappa shape index (κ3) is 9.53. The van der Waals surface area contributed by atoms with Gasteiger partial charge in [-0.3, -0.25) is 0 Å². The van der Waals surface area contributed by atoms with Crippen LogP contribution in [0.2, 0.25) is 0 Å². The second kappa shape index (κ2) is 18.5. The first-order valence-electron chi connectivity index (χ1n) is 19.2. The number of anilines is 4. The maximum atomic E-state index is 2.70. The van der Waals surface area contributed by atoms with E-state index in [2.05, 4.69) is 73.9 Å². The summed E-state index contributed by atoms with van der Waals surface area (Å²) < 4.78 is 2.86. The van der Waals surface area contributed by atoms with Gasteiger partial charge in [0.15, 0.2) is 0 Å². The lowest BCUT2D eigenvalue weighted by Gasteiger charge is -2.41. The number of benzene rings is 2. The molecule has 0 aliphatic carbocycles. The van der Waals surface area contributed by atoms with E-state index in [4.69, 9.17) is 0 Å². The fourth-order valence-electron chi connectivity index (χ4n) is 7.51. The summed E-state index contributed by atoms with van der Waals surface area (Å²) in [6, 6.07) is 14.9. The van der Waals surface area contributed by atoms with Gasteiger partial charge in [0.25, 0.3) is 0 Å². The lowest BCUT2D eigenvalue weighted by molar-refractivity contribution is 0.556. The van der Waals surface area contributed by atoms with E-state index < -0.39 is 0 Å². The molecule has 0 unspecified atom stereocenters. The molecular formula is C42H62N2S2. The van der Waals surface area contributed by atoms with Gasteiger partial charge in [-0.05, 0) is 73.9 Å². The standard InChI is InChI=1S/C42H62N2S2/c1-5-7-9-11-13-15-17-19-21-23-25-43-37-29-35-27-33(3)46-42(35)32-40(37)44(26-24-22-20-18-16-14-12-10-8-6-2)38-30-36-28-34(4)45-41(36)31-39(38)43/h27-32H,5-26H2,1-4H3. The van der Waals surface area contributed by atoms with Gasteiger partial charge in [0.05, 0.1) is 22.7 Å². The molecule has 4 heteroatoms. The molecule has 0 bridgehead atoms. The van der Waals surface area contributed by atoms with Crippen molar-refractivity contribution in [3.8, 4) is 0 Å². The first-order valence-corrected chi connectivity index (χ1v) is 20.9. The second-order valence-corrected chi connectivity index (χ2v) is 16.7. The zero-order valence-corrected chi connectivity index (χ0v) is 31.4. The van der Waals surface area contributed by atoms with Gasteiger partial charge in [0.1, 0.15) is 0 Å². The highest BCUT2D eigenvalue weighted by molar-refractivity contribution is 7.19. The van der Waals surface area contributed by atoms with Gasteiger partial charge in [-0.15, -0.1) is 22.7 Å². The molecule has 0 fully saturated rings. The van der Waals surface area contributed by atoms with E-state index in [0.717, 1.165) is 13.1 Å². The Hall–Kier alpha value is -2.04. The van der Waals surface area contributed by atoms with Crippen molar-refractivity contribution in [3.05, 3.63) is 46.2 Å². The summed E-state index contributed by atoms with van der Waals surface area (Å²) in [7, 11) is 0. The van der Waals surface area contributed by atoms with E-state index in [9.17, 15) is 0 Å². The Labute approximate surface area is 289 Å². The van der Waals surface area contributed by atoms with Crippen molar-refractivity contribution < 1.29 is 0 Å². The zero-order valence-electron chi connectivity index (χ0n) is 29.7. The topological polar surface area (TPSA) is 6.48 Å². The van der Waals surface area contributed by atoms with E-state index in [1.165, 1.54) is 181 Å². The predicted octanol–water partition coefficient (Wildman–Crippen LogP) is 15.2. The Morgan fingerprint density at radius 2 is 0.696 bits per heavy atom. The van der Waals surface area contributed by atoms with Crippen LogP contribution in [-0.4, -0.2) is 13.1 Å². The number of aryl methyl sites for hydroxylation is 2. The van der Waals surface area contributed by atoms with E-state index in [0.29, 0.717) is 0 Å². The van der Waals surface area contributed by atoms with Crippen molar-refractivity contribution in [1.82, 2.24) is 0 Å². The van der Waals surface area contributed by atoms with E-state index in [-0.39, 0.29) is 0 Å². The third-order valence-electron chi connectivity index (χ3n) is 10.1. The van der Waals surface area contributed by atoms with Crippen LogP contribution in [0.3, 0.4) is 0 Å². The largest absolute Gasteiger partial charge is 0.338 e. The van der Waals surface area contributed by atoms with Crippen molar-refractivity contribution in [3.63, 3.8) is 0 Å². The van der Waals surface area contributed by atoms with Crippen LogP contribution < -0.4 is 9.80 Å². The van der Waals surface area contributed by atoms with Crippen LogP contribution in [0.15, 0.2) is 36.4 Å². The summed E-state index contributed by atoms with van der Waals surface area (Å²) in [5.74, 6) is 0. The summed E-state index contributed by atoms with van der Waals surface area (Å²) in [5, 5.41) is 2.81. The van der Waals surface area contributed by atoms with Crippen molar-refractivity contribution >= 4 is 65.6 Å². The molecule has 3 heterocycles. The van der Waals surface area contributed by atoms with Gasteiger partial charge in [0.2, 0.25) is 0 Å². The molecule has 1 aliphatic heterocycles.